The van der Waals surface area contributed by atoms with Gasteiger partial charge in [-0.25, -0.2) is 4.98 Å². The fourth-order valence-corrected chi connectivity index (χ4v) is 2.75. The van der Waals surface area contributed by atoms with Crippen LogP contribution in [0.25, 0.3) is 11.0 Å². The van der Waals surface area contributed by atoms with Gasteiger partial charge in [-0.1, -0.05) is 12.1 Å². The largest absolute Gasteiger partial charge is 0.475 e. The molecule has 0 saturated carbocycles. The lowest BCUT2D eigenvalue weighted by Crippen LogP contribution is -2.20. The Balaban J connectivity index is 1.50. The van der Waals surface area contributed by atoms with Gasteiger partial charge in [0.25, 0.3) is 0 Å². The third kappa shape index (κ3) is 4.40. The summed E-state index contributed by atoms with van der Waals surface area (Å²) in [6.07, 6.45) is -2.97. The summed E-state index contributed by atoms with van der Waals surface area (Å²) in [6.45, 7) is -1.44. The molecule has 2 aromatic heterocycles. The van der Waals surface area contributed by atoms with Gasteiger partial charge in [-0.15, -0.1) is 0 Å². The maximum absolute atomic E-state index is 12.7. The van der Waals surface area contributed by atoms with E-state index in [0.29, 0.717) is 16.8 Å². The minimum atomic E-state index is -4.47. The van der Waals surface area contributed by atoms with Crippen LogP contribution in [0.1, 0.15) is 16.2 Å². The van der Waals surface area contributed by atoms with Crippen LogP contribution in [0.3, 0.4) is 0 Å². The molecule has 0 atom stereocenters. The van der Waals surface area contributed by atoms with Crippen molar-refractivity contribution in [2.45, 2.75) is 6.18 Å². The van der Waals surface area contributed by atoms with Crippen molar-refractivity contribution < 1.29 is 32.4 Å². The molecular weight excluding hydrogens is 399 g/mol. The van der Waals surface area contributed by atoms with Crippen LogP contribution in [0.2, 0.25) is 0 Å². The molecule has 0 amide bonds. The summed E-state index contributed by atoms with van der Waals surface area (Å²) in [6, 6.07) is 16.3. The maximum Gasteiger partial charge on any atom is 0.422 e. The van der Waals surface area contributed by atoms with Crippen molar-refractivity contribution in [3.63, 3.8) is 0 Å². The number of nitrogens with zero attached hydrogens (tertiary/aromatic N) is 1. The number of fused-ring (bicyclic) bond motifs is 1. The number of pyridine rings is 1. The molecule has 0 aliphatic rings. The van der Waals surface area contributed by atoms with Gasteiger partial charge in [0.15, 0.2) is 18.6 Å². The Labute approximate surface area is 168 Å². The number of alkyl halides is 3. The van der Waals surface area contributed by atoms with E-state index in [-0.39, 0.29) is 23.2 Å². The van der Waals surface area contributed by atoms with Crippen LogP contribution in [-0.4, -0.2) is 28.5 Å². The molecule has 6 nitrogen and oxygen atoms in total. The molecule has 0 saturated heterocycles. The van der Waals surface area contributed by atoms with Gasteiger partial charge in [-0.3, -0.25) is 4.79 Å². The maximum atomic E-state index is 12.7. The van der Waals surface area contributed by atoms with E-state index >= 15 is 0 Å². The smallest absolute Gasteiger partial charge is 0.422 e. The minimum absolute atomic E-state index is 0.0121. The number of aromatic amines is 2. The Morgan fingerprint density at radius 3 is 2.53 bits per heavy atom. The molecule has 0 aliphatic carbocycles. The summed E-state index contributed by atoms with van der Waals surface area (Å²) in [5.41, 5.74) is 1.82. The predicted molar refractivity (Wildman–Crippen MR) is 101 cm³/mol. The topological polar surface area (TPSA) is 78.3 Å². The number of carbonyl (C=O) groups is 1. The number of hydrogen-bond donors (Lipinski definition) is 1. The van der Waals surface area contributed by atoms with Crippen molar-refractivity contribution in [1.82, 2.24) is 9.97 Å². The molecule has 9 heteroatoms. The average molecular weight is 414 g/mol. The van der Waals surface area contributed by atoms with E-state index in [4.69, 9.17) is 9.47 Å². The zero-order chi connectivity index (χ0) is 21.1. The summed E-state index contributed by atoms with van der Waals surface area (Å²) in [7, 11) is 0. The van der Waals surface area contributed by atoms with Crippen molar-refractivity contribution in [2.24, 2.45) is 0 Å². The highest BCUT2D eigenvalue weighted by atomic mass is 19.4. The molecular formula is C21H15F3N3O3+. The summed E-state index contributed by atoms with van der Waals surface area (Å²) < 4.78 is 47.6. The van der Waals surface area contributed by atoms with Crippen LogP contribution in [0.4, 0.5) is 13.2 Å². The number of imidazole rings is 1. The van der Waals surface area contributed by atoms with Crippen molar-refractivity contribution in [2.75, 3.05) is 6.61 Å². The van der Waals surface area contributed by atoms with Crippen molar-refractivity contribution >= 4 is 16.8 Å². The van der Waals surface area contributed by atoms with E-state index < -0.39 is 12.8 Å². The number of carbonyl (C=O) groups excluding carboxylic acids is 1. The lowest BCUT2D eigenvalue weighted by atomic mass is 10.1. The fraction of sp³-hybridized carbons (Fsp3) is 0.0952. The van der Waals surface area contributed by atoms with Gasteiger partial charge in [-0.05, 0) is 42.5 Å². The first-order valence-electron chi connectivity index (χ1n) is 8.87. The quantitative estimate of drug-likeness (QED) is 0.476. The summed E-state index contributed by atoms with van der Waals surface area (Å²) in [4.78, 5) is 22.6. The number of benzene rings is 2. The van der Waals surface area contributed by atoms with Crippen molar-refractivity contribution in [1.29, 1.82) is 0 Å². The van der Waals surface area contributed by atoms with E-state index in [1.54, 1.807) is 18.2 Å². The van der Waals surface area contributed by atoms with Crippen LogP contribution in [0, 0.1) is 0 Å². The number of H-pyrrole nitrogens is 2. The number of nitrogens with one attached hydrogen (secondary N) is 2. The van der Waals surface area contributed by atoms with E-state index in [9.17, 15) is 18.0 Å². The first kappa shape index (κ1) is 19.4. The first-order chi connectivity index (χ1) is 14.4. The Morgan fingerprint density at radius 1 is 1.03 bits per heavy atom. The van der Waals surface area contributed by atoms with Crippen LogP contribution in [-0.2, 0) is 0 Å². The number of hydrogen-bond acceptors (Lipinski definition) is 4. The molecule has 2 N–H and O–H groups in total. The van der Waals surface area contributed by atoms with Gasteiger partial charge in [0.1, 0.15) is 5.75 Å². The standard InChI is InChI=1S/C21H14F3N3O3/c22-21(23,24)12-29-17-6-3-11-25-20(17)30-14-9-7-13(8-10-14)18(28)19-26-15-4-1-2-5-16(15)27-19/h1-11H,12H2,(H,26,27)/p+1. The zero-order valence-electron chi connectivity index (χ0n) is 15.4. The molecule has 0 unspecified atom stereocenters. The van der Waals surface area contributed by atoms with Crippen molar-refractivity contribution in [3.05, 3.63) is 78.2 Å². The number of para-hydroxylation sites is 2. The molecule has 152 valence electrons. The lowest BCUT2D eigenvalue weighted by molar-refractivity contribution is -0.392. The Bertz CT molecular complexity index is 1150. The molecule has 4 aromatic rings. The predicted octanol–water partition coefficient (Wildman–Crippen LogP) is 4.34. The molecule has 2 aromatic carbocycles. The molecule has 30 heavy (non-hydrogen) atoms. The molecule has 0 aliphatic heterocycles. The molecule has 4 rings (SSSR count). The summed E-state index contributed by atoms with van der Waals surface area (Å²) in [5.74, 6) is 0.160. The second-order valence-corrected chi connectivity index (χ2v) is 6.33. The van der Waals surface area contributed by atoms with Crippen LogP contribution >= 0.6 is 0 Å². The molecule has 2 heterocycles. The zero-order valence-corrected chi connectivity index (χ0v) is 15.4. The number of rotatable bonds is 6. The number of ketones is 1. The second-order valence-electron chi connectivity index (χ2n) is 6.33. The van der Waals surface area contributed by atoms with E-state index in [0.717, 1.165) is 5.52 Å². The van der Waals surface area contributed by atoms with E-state index in [1.807, 2.05) is 18.2 Å². The lowest BCUT2D eigenvalue weighted by Gasteiger charge is -2.09. The summed E-state index contributed by atoms with van der Waals surface area (Å²) in [5, 5.41) is 0. The third-order valence-corrected chi connectivity index (χ3v) is 4.11. The van der Waals surface area contributed by atoms with Crippen LogP contribution in [0.5, 0.6) is 17.4 Å². The third-order valence-electron chi connectivity index (χ3n) is 4.11. The minimum Gasteiger partial charge on any atom is -0.475 e. The number of halogens is 3. The van der Waals surface area contributed by atoms with E-state index in [2.05, 4.69) is 15.0 Å². The molecule has 0 fully saturated rings. The Hall–Kier alpha value is -3.88. The SMILES string of the molecule is O=C(c1ccc(Oc2[nH+]cccc2OCC(F)(F)F)cc1)c1nc2ccccc2[nH]1. The van der Waals surface area contributed by atoms with Gasteiger partial charge < -0.3 is 14.5 Å². The number of aromatic nitrogens is 3. The van der Waals surface area contributed by atoms with Gasteiger partial charge in [0, 0.05) is 11.6 Å². The van der Waals surface area contributed by atoms with Crippen molar-refractivity contribution in [3.8, 4) is 17.4 Å². The van der Waals surface area contributed by atoms with Gasteiger partial charge >= 0.3 is 12.1 Å². The average Bonchev–Trinajstić information content (AvgIpc) is 3.17. The van der Waals surface area contributed by atoms with Gasteiger partial charge in [0.2, 0.25) is 11.5 Å². The highest BCUT2D eigenvalue weighted by Crippen LogP contribution is 2.28. The van der Waals surface area contributed by atoms with Crippen LogP contribution < -0.4 is 14.5 Å². The summed E-state index contributed by atoms with van der Waals surface area (Å²) >= 11 is 0. The number of ether oxygens (including phenoxy) is 2. The second kappa shape index (κ2) is 7.86. The van der Waals surface area contributed by atoms with Gasteiger partial charge in [-0.2, -0.15) is 18.2 Å². The highest BCUT2D eigenvalue weighted by Gasteiger charge is 2.30. The Kier molecular flexibility index (Phi) is 5.09. The molecule has 0 radical (unpaired) electrons. The highest BCUT2D eigenvalue weighted by molar-refractivity contribution is 6.08. The Morgan fingerprint density at radius 2 is 1.80 bits per heavy atom. The monoisotopic (exact) mass is 414 g/mol. The van der Waals surface area contributed by atoms with Gasteiger partial charge in [0.05, 0.1) is 11.0 Å². The first-order valence-corrected chi connectivity index (χ1v) is 8.87. The van der Waals surface area contributed by atoms with E-state index in [1.165, 1.54) is 30.5 Å². The normalized spacial score (nSPS) is 11.4. The molecule has 0 spiro atoms. The van der Waals surface area contributed by atoms with Crippen LogP contribution in [0.15, 0.2) is 66.9 Å². The molecule has 0 bridgehead atoms. The fourth-order valence-electron chi connectivity index (χ4n) is 2.75.